The summed E-state index contributed by atoms with van der Waals surface area (Å²) in [6.45, 7) is 5.37. The van der Waals surface area contributed by atoms with Crippen LogP contribution in [0, 0.1) is 13.8 Å². The molecule has 2 aromatic rings. The summed E-state index contributed by atoms with van der Waals surface area (Å²) in [6, 6.07) is 7.65. The van der Waals surface area contributed by atoms with E-state index in [9.17, 15) is 0 Å². The van der Waals surface area contributed by atoms with Crippen LogP contribution in [0.1, 0.15) is 42.0 Å². The molecule has 0 saturated heterocycles. The molecule has 3 rings (SSSR count). The molecule has 1 aliphatic carbocycles. The van der Waals surface area contributed by atoms with Gasteiger partial charge in [0, 0.05) is 31.0 Å². The molecule has 1 saturated carbocycles. The lowest BCUT2D eigenvalue weighted by Crippen LogP contribution is -2.33. The highest BCUT2D eigenvalue weighted by molar-refractivity contribution is 5.33. The average Bonchev–Trinajstić information content (AvgIpc) is 3.08. The molecule has 0 bridgehead atoms. The Balaban J connectivity index is 1.69. The van der Waals surface area contributed by atoms with Crippen molar-refractivity contribution < 1.29 is 0 Å². The molecule has 106 valence electrons. The largest absolute Gasteiger partial charge is 0.333 e. The molecule has 2 atom stereocenters. The fraction of sp³-hybridized carbons (Fsp3) is 0.471. The molecule has 1 aromatic carbocycles. The minimum atomic E-state index is 0.557. The maximum atomic E-state index is 4.18. The second-order valence-electron chi connectivity index (χ2n) is 5.87. The van der Waals surface area contributed by atoms with Crippen LogP contribution in [0.3, 0.4) is 0 Å². The van der Waals surface area contributed by atoms with E-state index in [1.807, 2.05) is 12.5 Å². The van der Waals surface area contributed by atoms with Gasteiger partial charge in [0.2, 0.25) is 0 Å². The number of hydrogen-bond acceptors (Lipinski definition) is 2. The van der Waals surface area contributed by atoms with E-state index in [1.165, 1.54) is 36.0 Å². The Bertz CT molecular complexity index is 539. The first-order valence-corrected chi connectivity index (χ1v) is 7.51. The van der Waals surface area contributed by atoms with Gasteiger partial charge in [-0.05, 0) is 49.8 Å². The van der Waals surface area contributed by atoms with E-state index in [4.69, 9.17) is 0 Å². The van der Waals surface area contributed by atoms with Crippen LogP contribution < -0.4 is 5.32 Å². The number of benzene rings is 1. The molecule has 2 unspecified atom stereocenters. The highest BCUT2D eigenvalue weighted by Crippen LogP contribution is 2.30. The Morgan fingerprint density at radius 3 is 2.75 bits per heavy atom. The molecule has 0 radical (unpaired) electrons. The van der Waals surface area contributed by atoms with Crippen molar-refractivity contribution in [3.63, 3.8) is 0 Å². The third-order valence-electron chi connectivity index (χ3n) is 4.57. The average molecular weight is 269 g/mol. The van der Waals surface area contributed by atoms with Crippen LogP contribution in [0.25, 0.3) is 0 Å². The third kappa shape index (κ3) is 2.63. The fourth-order valence-electron chi connectivity index (χ4n) is 3.36. The summed E-state index contributed by atoms with van der Waals surface area (Å²) in [5.74, 6) is 0. The van der Waals surface area contributed by atoms with Gasteiger partial charge in [-0.15, -0.1) is 0 Å². The van der Waals surface area contributed by atoms with Crippen LogP contribution in [-0.2, 0) is 6.54 Å². The first-order chi connectivity index (χ1) is 9.75. The summed E-state index contributed by atoms with van der Waals surface area (Å²) in [5.41, 5.74) is 4.22. The van der Waals surface area contributed by atoms with Crippen molar-refractivity contribution in [2.24, 2.45) is 0 Å². The van der Waals surface area contributed by atoms with E-state index in [0.29, 0.717) is 12.1 Å². The Morgan fingerprint density at radius 1 is 1.25 bits per heavy atom. The van der Waals surface area contributed by atoms with E-state index < -0.39 is 0 Å². The maximum Gasteiger partial charge on any atom is 0.0949 e. The van der Waals surface area contributed by atoms with Crippen LogP contribution in [0.2, 0.25) is 0 Å². The SMILES string of the molecule is Cc1cccc(C)c1CNC1CCCC1n1ccnc1. The van der Waals surface area contributed by atoms with Crippen LogP contribution in [-0.4, -0.2) is 15.6 Å². The summed E-state index contributed by atoms with van der Waals surface area (Å²) in [4.78, 5) is 4.18. The molecule has 0 aliphatic heterocycles. The maximum absolute atomic E-state index is 4.18. The van der Waals surface area contributed by atoms with Crippen molar-refractivity contribution >= 4 is 0 Å². The van der Waals surface area contributed by atoms with Gasteiger partial charge >= 0.3 is 0 Å². The summed E-state index contributed by atoms with van der Waals surface area (Å²) < 4.78 is 2.26. The number of hydrogen-bond donors (Lipinski definition) is 1. The zero-order chi connectivity index (χ0) is 13.9. The first-order valence-electron chi connectivity index (χ1n) is 7.51. The van der Waals surface area contributed by atoms with E-state index >= 15 is 0 Å². The van der Waals surface area contributed by atoms with E-state index in [2.05, 4.69) is 53.1 Å². The van der Waals surface area contributed by atoms with Gasteiger partial charge < -0.3 is 9.88 Å². The molecule has 1 N–H and O–H groups in total. The van der Waals surface area contributed by atoms with Gasteiger partial charge in [-0.25, -0.2) is 4.98 Å². The van der Waals surface area contributed by atoms with Gasteiger partial charge in [-0.2, -0.15) is 0 Å². The molecular weight excluding hydrogens is 246 g/mol. The lowest BCUT2D eigenvalue weighted by Gasteiger charge is -2.23. The number of imidazole rings is 1. The van der Waals surface area contributed by atoms with Crippen LogP contribution in [0.4, 0.5) is 0 Å². The van der Waals surface area contributed by atoms with Crippen molar-refractivity contribution in [3.05, 3.63) is 53.6 Å². The Hall–Kier alpha value is -1.61. The molecular formula is C17H23N3. The predicted molar refractivity (Wildman–Crippen MR) is 81.7 cm³/mol. The minimum Gasteiger partial charge on any atom is -0.333 e. The van der Waals surface area contributed by atoms with Crippen molar-refractivity contribution in [3.8, 4) is 0 Å². The van der Waals surface area contributed by atoms with Gasteiger partial charge in [0.1, 0.15) is 0 Å². The van der Waals surface area contributed by atoms with Crippen molar-refractivity contribution in [1.29, 1.82) is 0 Å². The normalized spacial score (nSPS) is 22.3. The monoisotopic (exact) mass is 269 g/mol. The Morgan fingerprint density at radius 2 is 2.05 bits per heavy atom. The smallest absolute Gasteiger partial charge is 0.0949 e. The lowest BCUT2D eigenvalue weighted by molar-refractivity contribution is 0.390. The van der Waals surface area contributed by atoms with Crippen LogP contribution in [0.5, 0.6) is 0 Å². The number of nitrogens with zero attached hydrogens (tertiary/aromatic N) is 2. The molecule has 3 nitrogen and oxygen atoms in total. The van der Waals surface area contributed by atoms with Crippen LogP contribution >= 0.6 is 0 Å². The van der Waals surface area contributed by atoms with E-state index in [0.717, 1.165) is 6.54 Å². The highest BCUT2D eigenvalue weighted by Gasteiger charge is 2.27. The number of aryl methyl sites for hydroxylation is 2. The quantitative estimate of drug-likeness (QED) is 0.922. The second kappa shape index (κ2) is 5.80. The van der Waals surface area contributed by atoms with Gasteiger partial charge in [-0.1, -0.05) is 18.2 Å². The van der Waals surface area contributed by atoms with Gasteiger partial charge in [-0.3, -0.25) is 0 Å². The molecule has 1 fully saturated rings. The summed E-state index contributed by atoms with van der Waals surface area (Å²) >= 11 is 0. The third-order valence-corrected chi connectivity index (χ3v) is 4.57. The summed E-state index contributed by atoms with van der Waals surface area (Å²) in [7, 11) is 0. The molecule has 1 aromatic heterocycles. The summed E-state index contributed by atoms with van der Waals surface area (Å²) in [6.07, 6.45) is 9.72. The lowest BCUT2D eigenvalue weighted by atomic mass is 10.0. The van der Waals surface area contributed by atoms with Gasteiger partial charge in [0.05, 0.1) is 6.33 Å². The number of nitrogens with one attached hydrogen (secondary N) is 1. The van der Waals surface area contributed by atoms with Crippen molar-refractivity contribution in [1.82, 2.24) is 14.9 Å². The van der Waals surface area contributed by atoms with E-state index in [1.54, 1.807) is 0 Å². The molecule has 1 heterocycles. The highest BCUT2D eigenvalue weighted by atomic mass is 15.1. The molecule has 20 heavy (non-hydrogen) atoms. The molecule has 0 spiro atoms. The van der Waals surface area contributed by atoms with Crippen molar-refractivity contribution in [2.75, 3.05) is 0 Å². The topological polar surface area (TPSA) is 29.9 Å². The zero-order valence-corrected chi connectivity index (χ0v) is 12.3. The summed E-state index contributed by atoms with van der Waals surface area (Å²) in [5, 5.41) is 3.77. The van der Waals surface area contributed by atoms with Gasteiger partial charge in [0.25, 0.3) is 0 Å². The van der Waals surface area contributed by atoms with Crippen molar-refractivity contribution in [2.45, 2.75) is 51.7 Å². The second-order valence-corrected chi connectivity index (χ2v) is 5.87. The molecule has 1 aliphatic rings. The zero-order valence-electron chi connectivity index (χ0n) is 12.3. The van der Waals surface area contributed by atoms with Gasteiger partial charge in [0.15, 0.2) is 0 Å². The van der Waals surface area contributed by atoms with Crippen LogP contribution in [0.15, 0.2) is 36.9 Å². The molecule has 0 amide bonds. The minimum absolute atomic E-state index is 0.557. The number of aromatic nitrogens is 2. The Kier molecular flexibility index (Phi) is 3.88. The number of rotatable bonds is 4. The first kappa shape index (κ1) is 13.4. The molecule has 3 heteroatoms. The van der Waals surface area contributed by atoms with E-state index in [-0.39, 0.29) is 0 Å². The fourth-order valence-corrected chi connectivity index (χ4v) is 3.36. The Labute approximate surface area is 121 Å². The predicted octanol–water partition coefficient (Wildman–Crippen LogP) is 3.38. The standard InChI is InChI=1S/C17H23N3/c1-13-5-3-6-14(2)15(13)11-19-16-7-4-8-17(16)20-10-9-18-12-20/h3,5-6,9-10,12,16-17,19H,4,7-8,11H2,1-2H3.